The van der Waals surface area contributed by atoms with Crippen molar-refractivity contribution in [1.82, 2.24) is 4.98 Å². The fourth-order valence-corrected chi connectivity index (χ4v) is 3.49. The summed E-state index contributed by atoms with van der Waals surface area (Å²) < 4.78 is 38.9. The number of aromatic nitrogens is 1. The molecule has 0 saturated carbocycles. The molecule has 28 heavy (non-hydrogen) atoms. The number of rotatable bonds is 3. The number of benzene rings is 2. The molecule has 1 heterocycles. The zero-order valence-corrected chi connectivity index (χ0v) is 15.1. The van der Waals surface area contributed by atoms with Gasteiger partial charge in [-0.05, 0) is 30.3 Å². The van der Waals surface area contributed by atoms with Gasteiger partial charge in [0.1, 0.15) is 27.4 Å². The van der Waals surface area contributed by atoms with Crippen LogP contribution < -0.4 is 0 Å². The van der Waals surface area contributed by atoms with Crippen LogP contribution >= 0.6 is 22.9 Å². The Bertz CT molecular complexity index is 1180. The highest BCUT2D eigenvalue weighted by Crippen LogP contribution is 2.36. The van der Waals surface area contributed by atoms with Crippen molar-refractivity contribution in [3.05, 3.63) is 67.7 Å². The summed E-state index contributed by atoms with van der Waals surface area (Å²) in [5.74, 6) is -0.600. The van der Waals surface area contributed by atoms with E-state index < -0.39 is 28.1 Å². The van der Waals surface area contributed by atoms with Gasteiger partial charge in [0, 0.05) is 11.6 Å². The fraction of sp³-hybridized carbons (Fsp3) is 0.0588. The molecule has 11 heteroatoms. The second-order valence-corrected chi connectivity index (χ2v) is 6.90. The van der Waals surface area contributed by atoms with Gasteiger partial charge in [0.25, 0.3) is 5.69 Å². The van der Waals surface area contributed by atoms with E-state index in [9.17, 15) is 33.7 Å². The molecule has 0 aliphatic rings. The van der Waals surface area contributed by atoms with E-state index in [0.717, 1.165) is 29.5 Å². The Morgan fingerprint density at radius 2 is 2.00 bits per heavy atom. The number of alkyl halides is 3. The number of fused-ring (bicyclic) bond motifs is 1. The number of hydrogen-bond acceptors (Lipinski definition) is 6. The zero-order valence-electron chi connectivity index (χ0n) is 13.5. The summed E-state index contributed by atoms with van der Waals surface area (Å²) in [6, 6.07) is 8.15. The summed E-state index contributed by atoms with van der Waals surface area (Å²) in [7, 11) is 0. The van der Waals surface area contributed by atoms with E-state index in [-0.39, 0.29) is 26.7 Å². The van der Waals surface area contributed by atoms with Crippen LogP contribution in [0.25, 0.3) is 21.5 Å². The molecule has 0 atom stereocenters. The van der Waals surface area contributed by atoms with Crippen molar-refractivity contribution in [3.8, 4) is 6.07 Å². The van der Waals surface area contributed by atoms with Gasteiger partial charge in [0.15, 0.2) is 0 Å². The van der Waals surface area contributed by atoms with Crippen molar-refractivity contribution in [2.24, 2.45) is 0 Å². The van der Waals surface area contributed by atoms with Gasteiger partial charge in [-0.15, -0.1) is 11.3 Å². The minimum Gasteiger partial charge on any atom is -0.506 e. The molecule has 3 aromatic rings. The van der Waals surface area contributed by atoms with Crippen molar-refractivity contribution in [2.45, 2.75) is 6.18 Å². The molecule has 0 aliphatic heterocycles. The van der Waals surface area contributed by atoms with Crippen LogP contribution in [0.3, 0.4) is 0 Å². The molecule has 1 aromatic heterocycles. The highest BCUT2D eigenvalue weighted by molar-refractivity contribution is 7.19. The molecule has 0 spiro atoms. The van der Waals surface area contributed by atoms with Gasteiger partial charge in [-0.3, -0.25) is 10.1 Å². The molecule has 1 N–H and O–H groups in total. The van der Waals surface area contributed by atoms with Gasteiger partial charge < -0.3 is 5.11 Å². The van der Waals surface area contributed by atoms with E-state index >= 15 is 0 Å². The number of halogens is 4. The topological polar surface area (TPSA) is 100 Å². The largest absolute Gasteiger partial charge is 0.506 e. The second-order valence-electron chi connectivity index (χ2n) is 5.46. The molecular formula is C17H7ClF3N3O3S. The zero-order chi connectivity index (χ0) is 20.6. The number of hydrogen-bond donors (Lipinski definition) is 1. The molecule has 142 valence electrons. The highest BCUT2D eigenvalue weighted by Gasteiger charge is 2.31. The molecule has 0 unspecified atom stereocenters. The van der Waals surface area contributed by atoms with E-state index in [1.807, 2.05) is 0 Å². The molecule has 0 saturated heterocycles. The first-order valence-corrected chi connectivity index (χ1v) is 8.57. The lowest BCUT2D eigenvalue weighted by Gasteiger charge is -2.04. The third kappa shape index (κ3) is 3.62. The third-order valence-electron chi connectivity index (χ3n) is 3.69. The van der Waals surface area contributed by atoms with E-state index in [4.69, 9.17) is 11.6 Å². The van der Waals surface area contributed by atoms with Crippen molar-refractivity contribution < 1.29 is 23.2 Å². The first-order valence-electron chi connectivity index (χ1n) is 7.37. The number of aliphatic hydroxyl groups is 1. The van der Waals surface area contributed by atoms with Crippen molar-refractivity contribution >= 4 is 50.2 Å². The second kappa shape index (κ2) is 7.10. The Kier molecular flexibility index (Phi) is 4.97. The predicted molar refractivity (Wildman–Crippen MR) is 97.8 cm³/mol. The van der Waals surface area contributed by atoms with Crippen LogP contribution in [-0.2, 0) is 6.18 Å². The Morgan fingerprint density at radius 1 is 1.29 bits per heavy atom. The van der Waals surface area contributed by atoms with E-state index in [0.29, 0.717) is 4.70 Å². The maximum absolute atomic E-state index is 12.8. The summed E-state index contributed by atoms with van der Waals surface area (Å²) in [6.07, 6.45) is -4.55. The molecular weight excluding hydrogens is 419 g/mol. The summed E-state index contributed by atoms with van der Waals surface area (Å²) in [5, 5.41) is 30.6. The lowest BCUT2D eigenvalue weighted by atomic mass is 10.1. The maximum Gasteiger partial charge on any atom is 0.416 e. The lowest BCUT2D eigenvalue weighted by molar-refractivity contribution is -0.384. The minimum absolute atomic E-state index is 0.0115. The van der Waals surface area contributed by atoms with E-state index in [2.05, 4.69) is 4.98 Å². The average Bonchev–Trinajstić information content (AvgIpc) is 3.04. The van der Waals surface area contributed by atoms with Crippen LogP contribution in [0, 0.1) is 21.4 Å². The SMILES string of the molecule is N#CC(=C(O)c1ccc(Cl)c([N+](=O)[O-])c1)c1nc2cc(C(F)(F)F)ccc2s1. The number of nitriles is 1. The Morgan fingerprint density at radius 3 is 2.61 bits per heavy atom. The summed E-state index contributed by atoms with van der Waals surface area (Å²) in [6.45, 7) is 0. The Labute approximate surface area is 163 Å². The molecule has 0 radical (unpaired) electrons. The molecule has 0 amide bonds. The number of nitro groups is 1. The number of aliphatic hydroxyl groups excluding tert-OH is 1. The standard InChI is InChI=1S/C17H7ClF3N3O3S/c18-11-3-1-8(5-13(11)24(26)27)15(25)10(7-22)16-23-12-6-9(17(19,20)21)2-4-14(12)28-16/h1-6,25H. The van der Waals surface area contributed by atoms with E-state index in [1.165, 1.54) is 18.2 Å². The maximum atomic E-state index is 12.8. The molecule has 0 aliphatic carbocycles. The van der Waals surface area contributed by atoms with Crippen LogP contribution in [0.2, 0.25) is 5.02 Å². The lowest BCUT2D eigenvalue weighted by Crippen LogP contribution is -2.03. The first-order chi connectivity index (χ1) is 13.1. The Hall–Kier alpha value is -3.16. The third-order valence-corrected chi connectivity index (χ3v) is 5.07. The number of allylic oxidation sites excluding steroid dienone is 1. The van der Waals surface area contributed by atoms with Gasteiger partial charge in [-0.2, -0.15) is 18.4 Å². The van der Waals surface area contributed by atoms with Gasteiger partial charge in [-0.25, -0.2) is 4.98 Å². The molecule has 0 fully saturated rings. The quantitative estimate of drug-likeness (QED) is 0.246. The van der Waals surface area contributed by atoms with Crippen LogP contribution in [0.4, 0.5) is 18.9 Å². The van der Waals surface area contributed by atoms with Crippen LogP contribution in [0.5, 0.6) is 0 Å². The summed E-state index contributed by atoms with van der Waals surface area (Å²) >= 11 is 6.63. The fourth-order valence-electron chi connectivity index (χ4n) is 2.36. The Balaban J connectivity index is 2.14. The molecule has 0 bridgehead atoms. The van der Waals surface area contributed by atoms with Gasteiger partial charge in [-0.1, -0.05) is 11.6 Å². The average molecular weight is 426 g/mol. The molecule has 2 aromatic carbocycles. The molecule has 3 rings (SSSR count). The summed E-state index contributed by atoms with van der Waals surface area (Å²) in [4.78, 5) is 14.2. The molecule has 6 nitrogen and oxygen atoms in total. The first kappa shape index (κ1) is 19.6. The van der Waals surface area contributed by atoms with Gasteiger partial charge in [0.05, 0.1) is 20.7 Å². The number of thiazole rings is 1. The van der Waals surface area contributed by atoms with Crippen molar-refractivity contribution in [3.63, 3.8) is 0 Å². The monoisotopic (exact) mass is 425 g/mol. The smallest absolute Gasteiger partial charge is 0.416 e. The highest BCUT2D eigenvalue weighted by atomic mass is 35.5. The van der Waals surface area contributed by atoms with Crippen molar-refractivity contribution in [1.29, 1.82) is 5.26 Å². The van der Waals surface area contributed by atoms with Crippen LogP contribution in [0.1, 0.15) is 16.1 Å². The van der Waals surface area contributed by atoms with Crippen LogP contribution in [-0.4, -0.2) is 15.0 Å². The number of nitro benzene ring substituents is 1. The van der Waals surface area contributed by atoms with Gasteiger partial charge >= 0.3 is 6.18 Å². The normalized spacial score (nSPS) is 12.5. The number of nitrogens with zero attached hydrogens (tertiary/aromatic N) is 3. The van der Waals surface area contributed by atoms with Crippen LogP contribution in [0.15, 0.2) is 36.4 Å². The predicted octanol–water partition coefficient (Wildman–Crippen LogP) is 5.83. The minimum atomic E-state index is -4.55. The van der Waals surface area contributed by atoms with Crippen molar-refractivity contribution in [2.75, 3.05) is 0 Å². The summed E-state index contributed by atoms with van der Waals surface area (Å²) in [5.41, 5.74) is -1.73. The van der Waals surface area contributed by atoms with Gasteiger partial charge in [0.2, 0.25) is 0 Å². The van der Waals surface area contributed by atoms with E-state index in [1.54, 1.807) is 6.07 Å².